The zero-order valence-electron chi connectivity index (χ0n) is 25.7. The quantitative estimate of drug-likeness (QED) is 0.205. The highest BCUT2D eigenvalue weighted by Gasteiger charge is 2.35. The minimum absolute atomic E-state index is 0.0204. The molecule has 1 N–H and O–H groups in total. The van der Waals surface area contributed by atoms with Crippen LogP contribution in [0, 0.1) is 5.82 Å². The summed E-state index contributed by atoms with van der Waals surface area (Å²) in [5.41, 5.74) is 2.03. The molecule has 13 heteroatoms. The molecule has 0 unspecified atom stereocenters. The van der Waals surface area contributed by atoms with E-state index in [0.29, 0.717) is 43.4 Å². The lowest BCUT2D eigenvalue weighted by molar-refractivity contribution is 0.0610. The van der Waals surface area contributed by atoms with Crippen molar-refractivity contribution in [1.82, 2.24) is 29.3 Å². The summed E-state index contributed by atoms with van der Waals surface area (Å²) in [4.78, 5) is 51.8. The first kappa shape index (κ1) is 31.8. The molecule has 0 bridgehead atoms. The van der Waals surface area contributed by atoms with E-state index in [1.54, 1.807) is 71.8 Å². The Hall–Kier alpha value is -4.81. The first-order valence-electron chi connectivity index (χ1n) is 15.4. The Balaban J connectivity index is 1.27. The molecule has 1 aliphatic heterocycles. The molecule has 1 saturated carbocycles. The van der Waals surface area contributed by atoms with Gasteiger partial charge in [-0.15, -0.1) is 0 Å². The van der Waals surface area contributed by atoms with Gasteiger partial charge in [0.2, 0.25) is 0 Å². The molecule has 0 radical (unpaired) electrons. The number of nitrogens with one attached hydrogen (secondary N) is 1. The van der Waals surface area contributed by atoms with Crippen molar-refractivity contribution in [3.8, 4) is 22.7 Å². The Bertz CT molecular complexity index is 2100. The van der Waals surface area contributed by atoms with Crippen LogP contribution >= 0.6 is 27.5 Å². The highest BCUT2D eigenvalue weighted by atomic mass is 79.9. The summed E-state index contributed by atoms with van der Waals surface area (Å²) in [7, 11) is 0. The average Bonchev–Trinajstić information content (AvgIpc) is 3.87. The van der Waals surface area contributed by atoms with Gasteiger partial charge in [-0.2, -0.15) is 0 Å². The molecular weight excluding hydrogens is 703 g/mol. The number of ether oxygens (including phenoxy) is 1. The highest BCUT2D eigenvalue weighted by Crippen LogP contribution is 2.30. The Labute approximate surface area is 288 Å². The predicted octanol–water partition coefficient (Wildman–Crippen LogP) is 6.17. The number of aromatic nitrogens is 4. The van der Waals surface area contributed by atoms with Gasteiger partial charge >= 0.3 is 5.69 Å². The molecule has 3 heterocycles. The fourth-order valence-corrected chi connectivity index (χ4v) is 6.32. The fourth-order valence-electron chi connectivity index (χ4n) is 5.89. The van der Waals surface area contributed by atoms with E-state index in [9.17, 15) is 14.4 Å². The van der Waals surface area contributed by atoms with E-state index < -0.39 is 17.4 Å². The van der Waals surface area contributed by atoms with Crippen LogP contribution in [0.3, 0.4) is 0 Å². The Morgan fingerprint density at radius 2 is 1.90 bits per heavy atom. The number of benzene rings is 3. The van der Waals surface area contributed by atoms with Crippen molar-refractivity contribution in [1.29, 1.82) is 0 Å². The van der Waals surface area contributed by atoms with Crippen LogP contribution in [0.4, 0.5) is 4.39 Å². The zero-order chi connectivity index (χ0) is 33.5. The van der Waals surface area contributed by atoms with Crippen LogP contribution in [0.5, 0.6) is 5.75 Å². The summed E-state index contributed by atoms with van der Waals surface area (Å²) in [5, 5.41) is 3.23. The predicted molar refractivity (Wildman–Crippen MR) is 181 cm³/mol. The number of amides is 2. The molecule has 244 valence electrons. The summed E-state index contributed by atoms with van der Waals surface area (Å²) < 4.78 is 24.6. The van der Waals surface area contributed by atoms with Crippen molar-refractivity contribution in [3.63, 3.8) is 0 Å². The van der Waals surface area contributed by atoms with Gasteiger partial charge in [0.15, 0.2) is 0 Å². The maximum absolute atomic E-state index is 15.2. The van der Waals surface area contributed by atoms with E-state index >= 15 is 4.39 Å². The third-order valence-corrected chi connectivity index (χ3v) is 9.74. The van der Waals surface area contributed by atoms with Gasteiger partial charge in [0.1, 0.15) is 23.6 Å². The molecule has 2 aromatic heterocycles. The lowest BCUT2D eigenvalue weighted by atomic mass is 10.0. The second-order valence-corrected chi connectivity index (χ2v) is 13.1. The number of nitrogens with zero attached hydrogens (tertiary/aromatic N) is 5. The molecule has 10 nitrogen and oxygen atoms in total. The molecule has 48 heavy (non-hydrogen) atoms. The van der Waals surface area contributed by atoms with Gasteiger partial charge < -0.3 is 15.0 Å². The number of hydrogen-bond acceptors (Lipinski definition) is 6. The molecule has 7 rings (SSSR count). The normalized spacial score (nSPS) is 15.6. The molecule has 2 amide bonds. The molecule has 1 aliphatic carbocycles. The second kappa shape index (κ2) is 13.0. The standard InChI is InChI=1S/C35H29BrClFN6O4/c1-20-17-43-31(18-42(20)34(46)21-5-12-27(36)28(37)15-21)32(44(35(43)47)22-6-8-23(9-7-22)48-24-10-11-24)33(45)40-16-26-25(3-2-4-29(26)38)30-13-14-39-19-41-30/h2-9,12-15,19-20,24H,10-11,16-18H2,1H3,(H,40,45)/t20-/m1/s1. The monoisotopic (exact) mass is 730 g/mol. The van der Waals surface area contributed by atoms with E-state index in [0.717, 1.165) is 12.8 Å². The number of fused-ring (bicyclic) bond motifs is 1. The van der Waals surface area contributed by atoms with Crippen molar-refractivity contribution in [2.24, 2.45) is 0 Å². The van der Waals surface area contributed by atoms with Gasteiger partial charge in [0, 0.05) is 46.5 Å². The Morgan fingerprint density at radius 1 is 1.10 bits per heavy atom. The SMILES string of the molecule is C[C@@H]1Cn2c(c(C(=O)NCc3c(F)cccc3-c3ccncn3)n(-c3ccc(OC4CC4)cc3)c2=O)CN1C(=O)c1ccc(Br)c(Cl)c1. The minimum atomic E-state index is -0.607. The molecule has 1 atom stereocenters. The van der Waals surface area contributed by atoms with Gasteiger partial charge in [-0.05, 0) is 90.3 Å². The average molecular weight is 732 g/mol. The van der Waals surface area contributed by atoms with Gasteiger partial charge in [-0.3, -0.25) is 18.7 Å². The molecule has 1 fully saturated rings. The smallest absolute Gasteiger partial charge is 0.333 e. The third-order valence-electron chi connectivity index (χ3n) is 8.51. The van der Waals surface area contributed by atoms with Crippen LogP contribution in [-0.4, -0.2) is 48.0 Å². The van der Waals surface area contributed by atoms with Crippen LogP contribution in [0.25, 0.3) is 16.9 Å². The topological polar surface area (TPSA) is 111 Å². The van der Waals surface area contributed by atoms with E-state index in [4.69, 9.17) is 16.3 Å². The van der Waals surface area contributed by atoms with Gasteiger partial charge in [-0.1, -0.05) is 23.7 Å². The molecule has 0 spiro atoms. The van der Waals surface area contributed by atoms with Crippen molar-refractivity contribution in [3.05, 3.63) is 128 Å². The van der Waals surface area contributed by atoms with Gasteiger partial charge in [-0.25, -0.2) is 19.2 Å². The van der Waals surface area contributed by atoms with Crippen molar-refractivity contribution >= 4 is 39.3 Å². The van der Waals surface area contributed by atoms with E-state index in [1.165, 1.54) is 21.5 Å². The van der Waals surface area contributed by atoms with Crippen LogP contribution in [-0.2, 0) is 19.6 Å². The first-order chi connectivity index (χ1) is 23.2. The number of carbonyl (C=O) groups is 2. The first-order valence-corrected chi connectivity index (χ1v) is 16.6. The lowest BCUT2D eigenvalue weighted by Crippen LogP contribution is -2.47. The minimum Gasteiger partial charge on any atom is -0.490 e. The second-order valence-electron chi connectivity index (χ2n) is 11.8. The maximum Gasteiger partial charge on any atom is 0.333 e. The van der Waals surface area contributed by atoms with E-state index in [2.05, 4.69) is 31.2 Å². The zero-order valence-corrected chi connectivity index (χ0v) is 28.0. The number of hydrogen-bond donors (Lipinski definition) is 1. The van der Waals surface area contributed by atoms with Gasteiger partial charge in [0.05, 0.1) is 34.7 Å². The van der Waals surface area contributed by atoms with E-state index in [1.807, 2.05) is 6.92 Å². The van der Waals surface area contributed by atoms with Crippen molar-refractivity contribution in [2.75, 3.05) is 0 Å². The van der Waals surface area contributed by atoms with Crippen LogP contribution < -0.4 is 15.7 Å². The maximum atomic E-state index is 15.2. The summed E-state index contributed by atoms with van der Waals surface area (Å²) in [6.45, 7) is 1.80. The molecule has 5 aromatic rings. The number of rotatable bonds is 8. The summed E-state index contributed by atoms with van der Waals surface area (Å²) in [5.74, 6) is -0.755. The summed E-state index contributed by atoms with van der Waals surface area (Å²) in [6, 6.07) is 17.8. The van der Waals surface area contributed by atoms with Crippen LogP contribution in [0.15, 0.2) is 88.5 Å². The highest BCUT2D eigenvalue weighted by molar-refractivity contribution is 9.10. The Kier molecular flexibility index (Phi) is 8.61. The largest absolute Gasteiger partial charge is 0.490 e. The molecule has 0 saturated heterocycles. The molecule has 3 aromatic carbocycles. The Morgan fingerprint density at radius 3 is 2.60 bits per heavy atom. The van der Waals surface area contributed by atoms with E-state index in [-0.39, 0.29) is 48.9 Å². The lowest BCUT2D eigenvalue weighted by Gasteiger charge is -2.34. The molecular formula is C35H29BrClFN6O4. The number of halogens is 3. The van der Waals surface area contributed by atoms with Gasteiger partial charge in [0.25, 0.3) is 11.8 Å². The number of imidazole rings is 1. The summed E-state index contributed by atoms with van der Waals surface area (Å²) >= 11 is 9.66. The fraction of sp³-hybridized carbons (Fsp3) is 0.229. The van der Waals surface area contributed by atoms with Crippen LogP contribution in [0.2, 0.25) is 5.02 Å². The molecule has 2 aliphatic rings. The van der Waals surface area contributed by atoms with Crippen LogP contribution in [0.1, 0.15) is 51.9 Å². The number of carbonyl (C=O) groups excluding carboxylic acids is 2. The summed E-state index contributed by atoms with van der Waals surface area (Å²) in [6.07, 6.45) is 5.11. The van der Waals surface area contributed by atoms with Crippen molar-refractivity contribution in [2.45, 2.75) is 51.5 Å². The van der Waals surface area contributed by atoms with Crippen molar-refractivity contribution < 1.29 is 18.7 Å². The third kappa shape index (κ3) is 6.13.